The van der Waals surface area contributed by atoms with Crippen molar-refractivity contribution < 1.29 is 4.79 Å². The lowest BCUT2D eigenvalue weighted by Gasteiger charge is -2.07. The van der Waals surface area contributed by atoms with Crippen LogP contribution in [0.1, 0.15) is 17.3 Å². The van der Waals surface area contributed by atoms with Crippen LogP contribution in [0.5, 0.6) is 0 Å². The van der Waals surface area contributed by atoms with Crippen molar-refractivity contribution in [3.05, 3.63) is 31.8 Å². The second kappa shape index (κ2) is 4.89. The van der Waals surface area contributed by atoms with Crippen molar-refractivity contribution in [2.75, 3.05) is 0 Å². The predicted octanol–water partition coefficient (Wildman–Crippen LogP) is 4.08. The lowest BCUT2D eigenvalue weighted by Crippen LogP contribution is -2.01. The van der Waals surface area contributed by atoms with Gasteiger partial charge in [0.05, 0.1) is 4.83 Å². The van der Waals surface area contributed by atoms with E-state index in [4.69, 9.17) is 0 Å². The summed E-state index contributed by atoms with van der Waals surface area (Å²) < 4.78 is 2.17. The van der Waals surface area contributed by atoms with Gasteiger partial charge >= 0.3 is 0 Å². The highest BCUT2D eigenvalue weighted by atomic mass is 127. The second-order valence-electron chi connectivity index (χ2n) is 2.65. The highest BCUT2D eigenvalue weighted by Gasteiger charge is 2.12. The van der Waals surface area contributed by atoms with E-state index in [2.05, 4.69) is 54.5 Å². The van der Waals surface area contributed by atoms with Crippen LogP contribution in [0.25, 0.3) is 0 Å². The van der Waals surface area contributed by atoms with Gasteiger partial charge < -0.3 is 0 Å². The van der Waals surface area contributed by atoms with E-state index in [1.165, 1.54) is 0 Å². The van der Waals surface area contributed by atoms with Gasteiger partial charge in [-0.3, -0.25) is 4.79 Å². The molecule has 1 aromatic carbocycles. The van der Waals surface area contributed by atoms with Crippen LogP contribution in [0.3, 0.4) is 0 Å². The normalized spacial score (nSPS) is 12.6. The molecule has 0 N–H and O–H groups in total. The third kappa shape index (κ3) is 3.02. The van der Waals surface area contributed by atoms with Crippen LogP contribution >= 0.6 is 54.5 Å². The Labute approximate surface area is 108 Å². The van der Waals surface area contributed by atoms with E-state index in [1.54, 1.807) is 6.92 Å². The van der Waals surface area contributed by atoms with Gasteiger partial charge in [-0.15, -0.1) is 0 Å². The van der Waals surface area contributed by atoms with Crippen molar-refractivity contribution in [2.45, 2.75) is 11.8 Å². The highest BCUT2D eigenvalue weighted by molar-refractivity contribution is 14.1. The summed E-state index contributed by atoms with van der Waals surface area (Å²) in [5, 5.41) is 0. The fourth-order valence-corrected chi connectivity index (χ4v) is 1.98. The Kier molecular flexibility index (Phi) is 4.38. The number of hydrogen-bond donors (Lipinski definition) is 0. The molecule has 0 amide bonds. The molecule has 0 saturated carbocycles. The third-order valence-electron chi connectivity index (χ3n) is 1.59. The lowest BCUT2D eigenvalue weighted by molar-refractivity contribution is -0.116. The van der Waals surface area contributed by atoms with Crippen LogP contribution in [-0.2, 0) is 4.79 Å². The number of alkyl halides is 1. The standard InChI is InChI=1S/C9H7Br2IO/c1-5(13)9(11)6-2-3-7(10)8(12)4-6/h2-4,9H,1H3. The zero-order chi connectivity index (χ0) is 10.0. The minimum Gasteiger partial charge on any atom is -0.298 e. The molecule has 70 valence electrons. The average Bonchev–Trinajstić information content (AvgIpc) is 2.08. The zero-order valence-corrected chi connectivity index (χ0v) is 12.2. The van der Waals surface area contributed by atoms with E-state index < -0.39 is 0 Å². The number of hydrogen-bond acceptors (Lipinski definition) is 1. The van der Waals surface area contributed by atoms with Crippen LogP contribution in [0.15, 0.2) is 22.7 Å². The Hall–Kier alpha value is 0.580. The first-order valence-electron chi connectivity index (χ1n) is 3.62. The van der Waals surface area contributed by atoms with E-state index >= 15 is 0 Å². The smallest absolute Gasteiger partial charge is 0.147 e. The van der Waals surface area contributed by atoms with Crippen molar-refractivity contribution in [3.63, 3.8) is 0 Å². The van der Waals surface area contributed by atoms with Crippen LogP contribution in [0.4, 0.5) is 0 Å². The van der Waals surface area contributed by atoms with Crippen LogP contribution < -0.4 is 0 Å². The lowest BCUT2D eigenvalue weighted by atomic mass is 10.1. The van der Waals surface area contributed by atoms with Gasteiger partial charge in [-0.1, -0.05) is 22.0 Å². The van der Waals surface area contributed by atoms with Crippen molar-refractivity contribution in [2.24, 2.45) is 0 Å². The molecular weight excluding hydrogens is 411 g/mol. The van der Waals surface area contributed by atoms with Crippen molar-refractivity contribution >= 4 is 60.2 Å². The summed E-state index contributed by atoms with van der Waals surface area (Å²) in [7, 11) is 0. The zero-order valence-electron chi connectivity index (χ0n) is 6.85. The molecule has 0 bridgehead atoms. The molecule has 0 radical (unpaired) electrons. The Morgan fingerprint density at radius 2 is 2.15 bits per heavy atom. The number of halogens is 3. The topological polar surface area (TPSA) is 17.1 Å². The summed E-state index contributed by atoms with van der Waals surface area (Å²) in [5.74, 6) is 0.123. The maximum atomic E-state index is 11.1. The van der Waals surface area contributed by atoms with E-state index in [-0.39, 0.29) is 10.6 Å². The van der Waals surface area contributed by atoms with Gasteiger partial charge in [-0.25, -0.2) is 0 Å². The largest absolute Gasteiger partial charge is 0.298 e. The fourth-order valence-electron chi connectivity index (χ4n) is 0.905. The molecule has 0 fully saturated rings. The number of rotatable bonds is 2. The summed E-state index contributed by atoms with van der Waals surface area (Å²) in [5.41, 5.74) is 1.00. The molecule has 0 aliphatic rings. The highest BCUT2D eigenvalue weighted by Crippen LogP contribution is 2.28. The van der Waals surface area contributed by atoms with Gasteiger partial charge in [0.1, 0.15) is 5.78 Å². The molecule has 1 aromatic rings. The molecule has 1 unspecified atom stereocenters. The fraction of sp³-hybridized carbons (Fsp3) is 0.222. The summed E-state index contributed by atoms with van der Waals surface area (Å²) in [4.78, 5) is 10.9. The molecule has 1 rings (SSSR count). The van der Waals surface area contributed by atoms with E-state index in [1.807, 2.05) is 18.2 Å². The molecule has 0 spiro atoms. The molecule has 0 saturated heterocycles. The molecule has 13 heavy (non-hydrogen) atoms. The first-order valence-corrected chi connectivity index (χ1v) is 6.40. The van der Waals surface area contributed by atoms with Gasteiger partial charge in [0.2, 0.25) is 0 Å². The second-order valence-corrected chi connectivity index (χ2v) is 5.58. The maximum absolute atomic E-state index is 11.1. The number of carbonyl (C=O) groups is 1. The number of benzene rings is 1. The minimum atomic E-state index is -0.186. The van der Waals surface area contributed by atoms with Crippen LogP contribution in [0, 0.1) is 3.57 Å². The average molecular weight is 418 g/mol. The van der Waals surface area contributed by atoms with Gasteiger partial charge in [0, 0.05) is 8.04 Å². The number of Topliss-reactive ketones (excluding diaryl/α,β-unsaturated/α-hetero) is 1. The van der Waals surface area contributed by atoms with Gasteiger partial charge in [0.15, 0.2) is 0 Å². The third-order valence-corrected chi connectivity index (χ3v) is 5.09. The molecular formula is C9H7Br2IO. The summed E-state index contributed by atoms with van der Waals surface area (Å²) >= 11 is 8.98. The Morgan fingerprint density at radius 3 is 2.62 bits per heavy atom. The molecule has 1 nitrogen and oxygen atoms in total. The van der Waals surface area contributed by atoms with Gasteiger partial charge in [0.25, 0.3) is 0 Å². The molecule has 0 heterocycles. The number of ketones is 1. The van der Waals surface area contributed by atoms with Crippen molar-refractivity contribution in [1.82, 2.24) is 0 Å². The summed E-state index contributed by atoms with van der Waals surface area (Å²) in [6, 6.07) is 5.88. The molecule has 0 aliphatic carbocycles. The predicted molar refractivity (Wildman–Crippen MR) is 69.2 cm³/mol. The first kappa shape index (κ1) is 11.7. The van der Waals surface area contributed by atoms with Gasteiger partial charge in [-0.05, 0) is 63.1 Å². The van der Waals surface area contributed by atoms with Crippen LogP contribution in [0.2, 0.25) is 0 Å². The quantitative estimate of drug-likeness (QED) is 0.523. The minimum absolute atomic E-state index is 0.123. The van der Waals surface area contributed by atoms with Gasteiger partial charge in [-0.2, -0.15) is 0 Å². The number of carbonyl (C=O) groups excluding carboxylic acids is 1. The Bertz CT molecular complexity index is 338. The molecule has 0 aromatic heterocycles. The maximum Gasteiger partial charge on any atom is 0.147 e. The monoisotopic (exact) mass is 416 g/mol. The summed E-state index contributed by atoms with van der Waals surface area (Å²) in [6.45, 7) is 1.58. The SMILES string of the molecule is CC(=O)C(Br)c1ccc(Br)c(I)c1. The molecule has 4 heteroatoms. The molecule has 0 aliphatic heterocycles. The van der Waals surface area contributed by atoms with Crippen molar-refractivity contribution in [3.8, 4) is 0 Å². The van der Waals surface area contributed by atoms with E-state index in [0.717, 1.165) is 13.6 Å². The van der Waals surface area contributed by atoms with E-state index in [9.17, 15) is 4.79 Å². The van der Waals surface area contributed by atoms with E-state index in [0.29, 0.717) is 0 Å². The molecule has 1 atom stereocenters. The summed E-state index contributed by atoms with van der Waals surface area (Å²) in [6.07, 6.45) is 0. The Balaban J connectivity index is 3.03. The van der Waals surface area contributed by atoms with Crippen molar-refractivity contribution in [1.29, 1.82) is 0 Å². The van der Waals surface area contributed by atoms with Crippen LogP contribution in [-0.4, -0.2) is 5.78 Å². The Morgan fingerprint density at radius 1 is 1.54 bits per heavy atom. The first-order chi connectivity index (χ1) is 6.02.